The number of aliphatic hydroxyl groups is 1. The number of nitrogens with zero attached hydrogens (tertiary/aromatic N) is 3. The van der Waals surface area contributed by atoms with Crippen molar-refractivity contribution in [3.05, 3.63) is 18.1 Å². The van der Waals surface area contributed by atoms with E-state index in [9.17, 15) is 9.90 Å². The van der Waals surface area contributed by atoms with Crippen LogP contribution in [0.1, 0.15) is 70.4 Å². The Morgan fingerprint density at radius 3 is 2.70 bits per heavy atom. The Bertz CT molecular complexity index is 930. The predicted octanol–water partition coefficient (Wildman–Crippen LogP) is 3.93. The van der Waals surface area contributed by atoms with E-state index in [1.54, 1.807) is 7.11 Å². The van der Waals surface area contributed by atoms with Crippen LogP contribution >= 0.6 is 0 Å². The number of carbonyl (C=O) groups is 1. The van der Waals surface area contributed by atoms with Crippen molar-refractivity contribution in [2.75, 3.05) is 19.0 Å². The molecule has 0 aliphatic heterocycles. The lowest BCUT2D eigenvalue weighted by molar-refractivity contribution is -0.134. The van der Waals surface area contributed by atoms with Crippen LogP contribution in [0.15, 0.2) is 12.4 Å². The van der Waals surface area contributed by atoms with E-state index in [-0.39, 0.29) is 22.9 Å². The number of nitriles is 1. The van der Waals surface area contributed by atoms with Gasteiger partial charge >= 0.3 is 0 Å². The fraction of sp³-hybridized carbons (Fsp3) is 0.769. The molecule has 1 aromatic rings. The van der Waals surface area contributed by atoms with Gasteiger partial charge in [-0.25, -0.2) is 9.97 Å². The third kappa shape index (κ3) is 3.95. The molecule has 0 saturated heterocycles. The van der Waals surface area contributed by atoms with Crippen LogP contribution in [0.2, 0.25) is 0 Å². The average Bonchev–Trinajstić information content (AvgIpc) is 3.16. The number of aromatic nitrogens is 2. The van der Waals surface area contributed by atoms with Gasteiger partial charge in [0.1, 0.15) is 6.07 Å². The number of amides is 1. The Hall–Kier alpha value is -2.04. The van der Waals surface area contributed by atoms with Gasteiger partial charge in [0.25, 0.3) is 0 Å². The number of anilines is 1. The predicted molar refractivity (Wildman–Crippen MR) is 123 cm³/mol. The summed E-state index contributed by atoms with van der Waals surface area (Å²) in [6.45, 7) is 2.80. The van der Waals surface area contributed by atoms with E-state index in [1.807, 2.05) is 6.07 Å². The standard InChI is InChI=1S/C26H36N4O3/c1-25-9-7-19-18-8-10-26(32,15-33-2)11-16(18)3-4-20(19)21(25)5-6-22(25)24(31)30-23-14-28-17(12-27)13-29-23/h13-14,16,18-22,32H,3-11,15H2,1-2H3,(H,29,30,31)/t16-,18+,19-,20-,21+,22-,25+,26-/m1/s1. The third-order valence-corrected chi connectivity index (χ3v) is 9.85. The van der Waals surface area contributed by atoms with Gasteiger partial charge in [0.15, 0.2) is 11.5 Å². The molecule has 0 radical (unpaired) electrons. The van der Waals surface area contributed by atoms with E-state index in [2.05, 4.69) is 22.2 Å². The molecule has 2 N–H and O–H groups in total. The summed E-state index contributed by atoms with van der Waals surface area (Å²) < 4.78 is 5.32. The highest BCUT2D eigenvalue weighted by atomic mass is 16.5. The van der Waals surface area contributed by atoms with Crippen molar-refractivity contribution < 1.29 is 14.6 Å². The molecule has 0 unspecified atom stereocenters. The van der Waals surface area contributed by atoms with Crippen LogP contribution in [0, 0.1) is 52.3 Å². The van der Waals surface area contributed by atoms with Crippen LogP contribution in [-0.4, -0.2) is 40.3 Å². The molecule has 0 bridgehead atoms. The molecule has 4 aliphatic rings. The summed E-state index contributed by atoms with van der Waals surface area (Å²) in [6, 6.07) is 1.96. The summed E-state index contributed by atoms with van der Waals surface area (Å²) in [6.07, 6.45) is 12.5. The molecule has 4 saturated carbocycles. The Morgan fingerprint density at radius 2 is 1.97 bits per heavy atom. The van der Waals surface area contributed by atoms with Crippen molar-refractivity contribution in [3.8, 4) is 6.07 Å². The van der Waals surface area contributed by atoms with Gasteiger partial charge in [0.2, 0.25) is 5.91 Å². The van der Waals surface area contributed by atoms with Crippen LogP contribution in [0.25, 0.3) is 0 Å². The number of methoxy groups -OCH3 is 1. The maximum absolute atomic E-state index is 13.3. The molecule has 8 atom stereocenters. The number of ether oxygens (including phenoxy) is 1. The summed E-state index contributed by atoms with van der Waals surface area (Å²) in [4.78, 5) is 21.5. The van der Waals surface area contributed by atoms with Gasteiger partial charge in [-0.15, -0.1) is 0 Å². The fourth-order valence-electron chi connectivity index (χ4n) is 8.46. The van der Waals surface area contributed by atoms with E-state index in [0.29, 0.717) is 36.1 Å². The summed E-state index contributed by atoms with van der Waals surface area (Å²) >= 11 is 0. The molecular weight excluding hydrogens is 416 g/mol. The number of fused-ring (bicyclic) bond motifs is 5. The number of hydrogen-bond donors (Lipinski definition) is 2. The van der Waals surface area contributed by atoms with Crippen molar-refractivity contribution in [2.24, 2.45) is 40.9 Å². The molecule has 0 spiro atoms. The Morgan fingerprint density at radius 1 is 1.15 bits per heavy atom. The molecule has 7 heteroatoms. The second kappa shape index (κ2) is 8.63. The fourth-order valence-corrected chi connectivity index (χ4v) is 8.46. The second-order valence-corrected chi connectivity index (χ2v) is 11.4. The highest BCUT2D eigenvalue weighted by molar-refractivity contribution is 5.92. The van der Waals surface area contributed by atoms with Crippen molar-refractivity contribution in [3.63, 3.8) is 0 Å². The summed E-state index contributed by atoms with van der Waals surface area (Å²) in [5, 5.41) is 22.8. The zero-order chi connectivity index (χ0) is 23.2. The lowest BCUT2D eigenvalue weighted by Gasteiger charge is -2.57. The first-order valence-electron chi connectivity index (χ1n) is 12.6. The summed E-state index contributed by atoms with van der Waals surface area (Å²) in [7, 11) is 1.68. The first-order chi connectivity index (χ1) is 15.9. The highest BCUT2D eigenvalue weighted by Gasteiger charge is 2.59. The molecule has 4 aliphatic carbocycles. The van der Waals surface area contributed by atoms with Crippen molar-refractivity contribution in [1.29, 1.82) is 5.26 Å². The summed E-state index contributed by atoms with van der Waals surface area (Å²) in [5.41, 5.74) is -0.362. The second-order valence-electron chi connectivity index (χ2n) is 11.4. The molecule has 7 nitrogen and oxygen atoms in total. The van der Waals surface area contributed by atoms with Gasteiger partial charge in [0.05, 0.1) is 24.6 Å². The maximum atomic E-state index is 13.3. The third-order valence-electron chi connectivity index (χ3n) is 9.85. The molecule has 1 amide bonds. The monoisotopic (exact) mass is 452 g/mol. The minimum absolute atomic E-state index is 0.00299. The Kier molecular flexibility index (Phi) is 5.95. The minimum atomic E-state index is -0.642. The zero-order valence-electron chi connectivity index (χ0n) is 19.8. The molecule has 4 fully saturated rings. The highest BCUT2D eigenvalue weighted by Crippen LogP contribution is 2.64. The minimum Gasteiger partial charge on any atom is -0.387 e. The van der Waals surface area contributed by atoms with E-state index >= 15 is 0 Å². The maximum Gasteiger partial charge on any atom is 0.229 e. The van der Waals surface area contributed by atoms with Crippen molar-refractivity contribution in [2.45, 2.75) is 70.3 Å². The SMILES string of the molecule is COC[C@@]1(O)CC[C@H]2[C@H](CC[C@@H]3[C@@H]2CC[C@]2(C)[C@@H](C(=O)Nc4cnc(C#N)cn4)CC[C@@H]32)C1. The van der Waals surface area contributed by atoms with Crippen LogP contribution in [0.3, 0.4) is 0 Å². The molecule has 1 heterocycles. The van der Waals surface area contributed by atoms with E-state index in [4.69, 9.17) is 10.00 Å². The number of nitrogens with one attached hydrogen (secondary N) is 1. The lowest BCUT2D eigenvalue weighted by atomic mass is 9.49. The van der Waals surface area contributed by atoms with Gasteiger partial charge in [0, 0.05) is 13.0 Å². The first-order valence-corrected chi connectivity index (χ1v) is 12.6. The molecule has 1 aromatic heterocycles. The first kappa shape index (κ1) is 22.7. The van der Waals surface area contributed by atoms with Crippen LogP contribution < -0.4 is 5.32 Å². The molecule has 178 valence electrons. The topological polar surface area (TPSA) is 108 Å². The van der Waals surface area contributed by atoms with Crippen molar-refractivity contribution in [1.82, 2.24) is 9.97 Å². The smallest absolute Gasteiger partial charge is 0.229 e. The molecular formula is C26H36N4O3. The zero-order valence-corrected chi connectivity index (χ0v) is 19.8. The Balaban J connectivity index is 1.27. The Labute approximate surface area is 196 Å². The normalized spacial score (nSPS) is 41.9. The van der Waals surface area contributed by atoms with E-state index < -0.39 is 5.60 Å². The van der Waals surface area contributed by atoms with E-state index in [1.165, 1.54) is 31.7 Å². The molecule has 0 aromatic carbocycles. The molecule has 5 rings (SSSR count). The number of rotatable bonds is 4. The van der Waals surface area contributed by atoms with Gasteiger partial charge < -0.3 is 15.2 Å². The quantitative estimate of drug-likeness (QED) is 0.716. The summed E-state index contributed by atoms with van der Waals surface area (Å²) in [5.74, 6) is 3.83. The van der Waals surface area contributed by atoms with Crippen LogP contribution in [0.4, 0.5) is 5.82 Å². The number of hydrogen-bond acceptors (Lipinski definition) is 6. The van der Waals surface area contributed by atoms with Crippen molar-refractivity contribution >= 4 is 11.7 Å². The van der Waals surface area contributed by atoms with E-state index in [0.717, 1.165) is 44.4 Å². The van der Waals surface area contributed by atoms with Gasteiger partial charge in [-0.1, -0.05) is 6.92 Å². The van der Waals surface area contributed by atoms with Crippen LogP contribution in [-0.2, 0) is 9.53 Å². The van der Waals surface area contributed by atoms with Crippen LogP contribution in [0.5, 0.6) is 0 Å². The van der Waals surface area contributed by atoms with Gasteiger partial charge in [-0.3, -0.25) is 4.79 Å². The molecule has 33 heavy (non-hydrogen) atoms. The van der Waals surface area contributed by atoms with Gasteiger partial charge in [-0.2, -0.15) is 5.26 Å². The number of carbonyl (C=O) groups excluding carboxylic acids is 1. The largest absolute Gasteiger partial charge is 0.387 e. The lowest BCUT2D eigenvalue weighted by Crippen LogP contribution is -2.52. The average molecular weight is 453 g/mol. The van der Waals surface area contributed by atoms with Gasteiger partial charge in [-0.05, 0) is 92.8 Å².